The average Bonchev–Trinajstić information content (AvgIpc) is 2.13. The van der Waals surface area contributed by atoms with Gasteiger partial charge in [-0.25, -0.2) is 0 Å². The Bertz CT molecular complexity index is 187. The maximum atomic E-state index is 8.69. The summed E-state index contributed by atoms with van der Waals surface area (Å²) >= 11 is 1.66. The quantitative estimate of drug-likeness (QED) is 0.557. The van der Waals surface area contributed by atoms with E-state index >= 15 is 0 Å². The van der Waals surface area contributed by atoms with Crippen LogP contribution in [-0.2, 0) is 0 Å². The van der Waals surface area contributed by atoms with Crippen molar-refractivity contribution in [1.82, 2.24) is 0 Å². The highest BCUT2D eigenvalue weighted by atomic mass is 32.1. The fourth-order valence-corrected chi connectivity index (χ4v) is 1.64. The highest BCUT2D eigenvalue weighted by molar-refractivity contribution is 7.21. The third-order valence-corrected chi connectivity index (χ3v) is 2.51. The maximum absolute atomic E-state index is 8.69. The lowest BCUT2D eigenvalue weighted by atomic mass is 9.99. The lowest BCUT2D eigenvalue weighted by Crippen LogP contribution is -2.06. The Morgan fingerprint density at radius 3 is 2.44 bits per heavy atom. The first-order valence-electron chi connectivity index (χ1n) is 2.91. The van der Waals surface area contributed by atoms with Crippen LogP contribution in [0.15, 0.2) is 6.07 Å². The van der Waals surface area contributed by atoms with Gasteiger partial charge in [0.05, 0.1) is 0 Å². The van der Waals surface area contributed by atoms with Crippen molar-refractivity contribution >= 4 is 23.6 Å². The summed E-state index contributed by atoms with van der Waals surface area (Å²) in [6, 6.07) is 2.03. The van der Waals surface area contributed by atoms with Gasteiger partial charge in [0.15, 0.2) is 0 Å². The van der Waals surface area contributed by atoms with Crippen LogP contribution >= 0.6 is 11.3 Å². The van der Waals surface area contributed by atoms with E-state index in [0.717, 1.165) is 4.78 Å². The number of hydrogen-bond donors (Lipinski definition) is 1. The normalized spacial score (nSPS) is 9.67. The molecular weight excluding hydrogens is 131 g/mol. The molecule has 0 bridgehead atoms. The summed E-state index contributed by atoms with van der Waals surface area (Å²) in [5.41, 5.74) is 1.28. The van der Waals surface area contributed by atoms with Crippen molar-refractivity contribution in [1.29, 1.82) is 0 Å². The van der Waals surface area contributed by atoms with E-state index in [1.165, 1.54) is 10.4 Å². The van der Waals surface area contributed by atoms with Crippen LogP contribution in [0.1, 0.15) is 10.4 Å². The zero-order chi connectivity index (χ0) is 6.85. The lowest BCUT2D eigenvalue weighted by molar-refractivity contribution is 0.616. The molecule has 9 heavy (non-hydrogen) atoms. The van der Waals surface area contributed by atoms with Crippen LogP contribution in [0.2, 0.25) is 0 Å². The molecule has 1 nitrogen and oxygen atoms in total. The predicted molar refractivity (Wildman–Crippen MR) is 42.8 cm³/mol. The van der Waals surface area contributed by atoms with Gasteiger partial charge < -0.3 is 5.02 Å². The molecular formula is C6H9BOS. The number of rotatable bonds is 1. The van der Waals surface area contributed by atoms with E-state index in [-0.39, 0.29) is 7.48 Å². The second-order valence-electron chi connectivity index (χ2n) is 2.11. The summed E-state index contributed by atoms with van der Waals surface area (Å²) in [4.78, 5) is 1.30. The monoisotopic (exact) mass is 140 g/mol. The molecule has 1 N–H and O–H groups in total. The third-order valence-electron chi connectivity index (χ3n) is 1.37. The maximum Gasteiger partial charge on any atom is 0.315 e. The first-order chi connectivity index (χ1) is 4.24. The van der Waals surface area contributed by atoms with Crippen LogP contribution in [0.3, 0.4) is 0 Å². The molecule has 48 valence electrons. The van der Waals surface area contributed by atoms with Gasteiger partial charge in [-0.2, -0.15) is 11.3 Å². The van der Waals surface area contributed by atoms with Crippen molar-refractivity contribution in [3.63, 3.8) is 0 Å². The molecule has 0 unspecified atom stereocenters. The van der Waals surface area contributed by atoms with E-state index in [1.807, 2.05) is 6.07 Å². The van der Waals surface area contributed by atoms with E-state index in [2.05, 4.69) is 13.8 Å². The van der Waals surface area contributed by atoms with Crippen LogP contribution < -0.4 is 4.78 Å². The summed E-state index contributed by atoms with van der Waals surface area (Å²) in [7, 11) is 0.180. The molecule has 0 spiro atoms. The number of thiophene rings is 1. The fourth-order valence-electron chi connectivity index (χ4n) is 0.728. The molecule has 0 fully saturated rings. The Kier molecular flexibility index (Phi) is 1.93. The first-order valence-corrected chi connectivity index (χ1v) is 3.72. The summed E-state index contributed by atoms with van der Waals surface area (Å²) in [6.07, 6.45) is 0. The molecule has 0 saturated heterocycles. The topological polar surface area (TPSA) is 20.2 Å². The van der Waals surface area contributed by atoms with Crippen molar-refractivity contribution in [2.24, 2.45) is 0 Å². The minimum absolute atomic E-state index is 0.180. The lowest BCUT2D eigenvalue weighted by Gasteiger charge is -1.80. The zero-order valence-electron chi connectivity index (χ0n) is 5.64. The molecule has 0 aromatic carbocycles. The molecule has 1 heterocycles. The SMILES string of the molecule is Cc1cc(BO)sc1C. The van der Waals surface area contributed by atoms with Gasteiger partial charge in [0.25, 0.3) is 0 Å². The molecule has 1 aromatic rings. The Hall–Kier alpha value is -0.275. The minimum Gasteiger partial charge on any atom is -0.449 e. The van der Waals surface area contributed by atoms with E-state index in [9.17, 15) is 0 Å². The molecule has 1 rings (SSSR count). The van der Waals surface area contributed by atoms with Crippen LogP contribution in [0.5, 0.6) is 0 Å². The van der Waals surface area contributed by atoms with Crippen molar-refractivity contribution in [3.05, 3.63) is 16.5 Å². The van der Waals surface area contributed by atoms with Crippen LogP contribution in [0.25, 0.3) is 0 Å². The molecule has 0 atom stereocenters. The van der Waals surface area contributed by atoms with Crippen molar-refractivity contribution < 1.29 is 5.02 Å². The van der Waals surface area contributed by atoms with E-state index in [4.69, 9.17) is 5.02 Å². The van der Waals surface area contributed by atoms with Gasteiger partial charge in [0.1, 0.15) is 0 Å². The Morgan fingerprint density at radius 2 is 2.22 bits per heavy atom. The predicted octanol–water partition coefficient (Wildman–Crippen LogP) is 0.334. The molecule has 0 saturated carbocycles. The molecule has 0 amide bonds. The second kappa shape index (κ2) is 2.54. The minimum atomic E-state index is 0.180. The summed E-state index contributed by atoms with van der Waals surface area (Å²) in [5.74, 6) is 0. The second-order valence-corrected chi connectivity index (χ2v) is 3.45. The number of hydrogen-bond acceptors (Lipinski definition) is 2. The smallest absolute Gasteiger partial charge is 0.315 e. The van der Waals surface area contributed by atoms with Crippen molar-refractivity contribution in [3.8, 4) is 0 Å². The van der Waals surface area contributed by atoms with Gasteiger partial charge in [-0.15, -0.1) is 0 Å². The van der Waals surface area contributed by atoms with Gasteiger partial charge in [-0.1, -0.05) is 6.07 Å². The Balaban J connectivity index is 2.98. The van der Waals surface area contributed by atoms with Crippen LogP contribution in [-0.4, -0.2) is 12.5 Å². The van der Waals surface area contributed by atoms with E-state index in [0.29, 0.717) is 0 Å². The first kappa shape index (κ1) is 6.84. The summed E-state index contributed by atoms with van der Waals surface area (Å²) < 4.78 is 1.06. The fraction of sp³-hybridized carbons (Fsp3) is 0.333. The largest absolute Gasteiger partial charge is 0.449 e. The third kappa shape index (κ3) is 1.34. The van der Waals surface area contributed by atoms with Crippen LogP contribution in [0, 0.1) is 13.8 Å². The highest BCUT2D eigenvalue weighted by Gasteiger charge is 1.99. The van der Waals surface area contributed by atoms with Gasteiger partial charge in [-0.05, 0) is 19.4 Å². The molecule has 3 heteroatoms. The molecule has 0 aliphatic rings. The highest BCUT2D eigenvalue weighted by Crippen LogP contribution is 2.10. The van der Waals surface area contributed by atoms with Crippen LogP contribution in [0.4, 0.5) is 0 Å². The van der Waals surface area contributed by atoms with Gasteiger partial charge in [0, 0.05) is 9.65 Å². The Labute approximate surface area is 59.6 Å². The number of aryl methyl sites for hydroxylation is 2. The van der Waals surface area contributed by atoms with Gasteiger partial charge >= 0.3 is 7.48 Å². The molecule has 0 radical (unpaired) electrons. The van der Waals surface area contributed by atoms with E-state index < -0.39 is 0 Å². The standard InChI is InChI=1S/C6H9BOS/c1-4-3-6(7-8)9-5(4)2/h3,7-8H,1-2H3. The molecule has 0 aliphatic heterocycles. The zero-order valence-corrected chi connectivity index (χ0v) is 6.46. The van der Waals surface area contributed by atoms with Crippen molar-refractivity contribution in [2.75, 3.05) is 0 Å². The Morgan fingerprint density at radius 1 is 1.56 bits per heavy atom. The van der Waals surface area contributed by atoms with Crippen molar-refractivity contribution in [2.45, 2.75) is 13.8 Å². The van der Waals surface area contributed by atoms with Gasteiger partial charge in [0.2, 0.25) is 0 Å². The molecule has 0 aliphatic carbocycles. The molecule has 1 aromatic heterocycles. The van der Waals surface area contributed by atoms with E-state index in [1.54, 1.807) is 11.3 Å². The average molecular weight is 140 g/mol. The summed E-state index contributed by atoms with van der Waals surface area (Å²) in [6.45, 7) is 4.13. The summed E-state index contributed by atoms with van der Waals surface area (Å²) in [5, 5.41) is 8.69. The van der Waals surface area contributed by atoms with Gasteiger partial charge in [-0.3, -0.25) is 0 Å².